The van der Waals surface area contributed by atoms with E-state index in [4.69, 9.17) is 5.11 Å². The van der Waals surface area contributed by atoms with Crippen LogP contribution in [0.3, 0.4) is 0 Å². The monoisotopic (exact) mass is 260 g/mol. The number of alkyl halides is 2. The van der Waals surface area contributed by atoms with Gasteiger partial charge in [0.05, 0.1) is 5.56 Å². The molecule has 0 aliphatic carbocycles. The van der Waals surface area contributed by atoms with Crippen molar-refractivity contribution in [3.8, 4) is 5.75 Å². The molecule has 1 aromatic rings. The second kappa shape index (κ2) is 5.85. The van der Waals surface area contributed by atoms with E-state index in [1.165, 1.54) is 0 Å². The maximum absolute atomic E-state index is 13.3. The number of aldehydes is 1. The van der Waals surface area contributed by atoms with E-state index in [1.807, 2.05) is 0 Å². The molecule has 0 saturated heterocycles. The summed E-state index contributed by atoms with van der Waals surface area (Å²) in [5.74, 6) is -2.90. The van der Waals surface area contributed by atoms with Gasteiger partial charge in [0.15, 0.2) is 6.29 Å². The molecule has 0 saturated carbocycles. The van der Waals surface area contributed by atoms with Gasteiger partial charge in [0, 0.05) is 12.1 Å². The zero-order valence-electron chi connectivity index (χ0n) is 8.77. The summed E-state index contributed by atoms with van der Waals surface area (Å²) in [6.45, 7) is -3.15. The normalized spacial score (nSPS) is 10.9. The van der Waals surface area contributed by atoms with Crippen LogP contribution in [0, 0.1) is 5.82 Å². The van der Waals surface area contributed by atoms with Gasteiger partial charge in [-0.1, -0.05) is 0 Å². The second-order valence-electron chi connectivity index (χ2n) is 3.08. The summed E-state index contributed by atoms with van der Waals surface area (Å²) < 4.78 is 41.2. The molecule has 0 amide bonds. The van der Waals surface area contributed by atoms with Crippen LogP contribution in [0.5, 0.6) is 5.75 Å². The van der Waals surface area contributed by atoms with Gasteiger partial charge in [-0.25, -0.2) is 9.18 Å². The summed E-state index contributed by atoms with van der Waals surface area (Å²) in [4.78, 5) is 20.9. The lowest BCUT2D eigenvalue weighted by Gasteiger charge is -2.07. The smallest absolute Gasteiger partial charge is 0.387 e. The minimum Gasteiger partial charge on any atom is -0.478 e. The highest BCUT2D eigenvalue weighted by Gasteiger charge is 2.12. The summed E-state index contributed by atoms with van der Waals surface area (Å²) in [5, 5.41) is 8.40. The largest absolute Gasteiger partial charge is 0.478 e. The van der Waals surface area contributed by atoms with Crippen molar-refractivity contribution < 1.29 is 32.6 Å². The number of carboxylic acids is 1. The lowest BCUT2D eigenvalue weighted by molar-refractivity contribution is -0.131. The van der Waals surface area contributed by atoms with Crippen LogP contribution >= 0.6 is 0 Å². The van der Waals surface area contributed by atoms with Crippen molar-refractivity contribution in [3.05, 3.63) is 35.2 Å². The zero-order chi connectivity index (χ0) is 13.7. The first-order valence-corrected chi connectivity index (χ1v) is 4.58. The summed E-state index contributed by atoms with van der Waals surface area (Å²) >= 11 is 0. The molecule has 0 aliphatic rings. The molecule has 0 aromatic heterocycles. The highest BCUT2D eigenvalue weighted by molar-refractivity contribution is 5.89. The van der Waals surface area contributed by atoms with Gasteiger partial charge in [-0.2, -0.15) is 8.78 Å². The first-order valence-electron chi connectivity index (χ1n) is 4.58. The molecule has 0 bridgehead atoms. The Labute approximate surface area is 99.3 Å². The van der Waals surface area contributed by atoms with Crippen molar-refractivity contribution in [1.29, 1.82) is 0 Å². The predicted octanol–water partition coefficient (Wildman–Crippen LogP) is 2.34. The zero-order valence-corrected chi connectivity index (χ0v) is 8.77. The van der Waals surface area contributed by atoms with E-state index in [-0.39, 0.29) is 11.8 Å². The Balaban J connectivity index is 3.22. The molecular weight excluding hydrogens is 253 g/mol. The third kappa shape index (κ3) is 3.62. The molecular formula is C11H7F3O4. The van der Waals surface area contributed by atoms with Crippen molar-refractivity contribution in [2.45, 2.75) is 6.61 Å². The van der Waals surface area contributed by atoms with E-state index >= 15 is 0 Å². The third-order valence-corrected chi connectivity index (χ3v) is 1.88. The van der Waals surface area contributed by atoms with Crippen LogP contribution < -0.4 is 4.74 Å². The quantitative estimate of drug-likeness (QED) is 0.652. The van der Waals surface area contributed by atoms with Crippen LogP contribution in [0.1, 0.15) is 15.9 Å². The Bertz CT molecular complexity index is 497. The van der Waals surface area contributed by atoms with E-state index in [2.05, 4.69) is 4.74 Å². The number of aliphatic carboxylic acids is 1. The minimum atomic E-state index is -3.15. The Kier molecular flexibility index (Phi) is 4.47. The average molecular weight is 260 g/mol. The number of ether oxygens (including phenoxy) is 1. The first-order chi connectivity index (χ1) is 8.43. The molecule has 0 atom stereocenters. The number of halogens is 3. The lowest BCUT2D eigenvalue weighted by Crippen LogP contribution is -2.04. The van der Waals surface area contributed by atoms with Gasteiger partial charge in [0.1, 0.15) is 11.6 Å². The maximum atomic E-state index is 13.3. The molecule has 96 valence electrons. The van der Waals surface area contributed by atoms with Crippen molar-refractivity contribution in [3.63, 3.8) is 0 Å². The van der Waals surface area contributed by atoms with E-state index in [9.17, 15) is 22.8 Å². The van der Waals surface area contributed by atoms with Gasteiger partial charge >= 0.3 is 12.6 Å². The van der Waals surface area contributed by atoms with Crippen LogP contribution in [0.15, 0.2) is 18.2 Å². The predicted molar refractivity (Wildman–Crippen MR) is 55.1 cm³/mol. The van der Waals surface area contributed by atoms with Gasteiger partial charge < -0.3 is 9.84 Å². The molecule has 1 N–H and O–H groups in total. The van der Waals surface area contributed by atoms with Gasteiger partial charge in [-0.15, -0.1) is 0 Å². The number of hydrogen-bond acceptors (Lipinski definition) is 3. The summed E-state index contributed by atoms with van der Waals surface area (Å²) in [5.41, 5.74) is -0.600. The van der Waals surface area contributed by atoms with Gasteiger partial charge in [0.2, 0.25) is 0 Å². The van der Waals surface area contributed by atoms with Crippen LogP contribution in [-0.2, 0) is 4.79 Å². The second-order valence-corrected chi connectivity index (χ2v) is 3.08. The Morgan fingerprint density at radius 2 is 2.06 bits per heavy atom. The number of rotatable bonds is 5. The molecule has 0 aliphatic heterocycles. The van der Waals surface area contributed by atoms with Gasteiger partial charge in [-0.3, -0.25) is 4.79 Å². The van der Waals surface area contributed by atoms with Crippen molar-refractivity contribution in [1.82, 2.24) is 0 Å². The molecule has 0 unspecified atom stereocenters. The van der Waals surface area contributed by atoms with Crippen molar-refractivity contribution in [2.75, 3.05) is 0 Å². The Morgan fingerprint density at radius 1 is 1.39 bits per heavy atom. The fraction of sp³-hybridized carbons (Fsp3) is 0.0909. The number of carbonyl (C=O) groups is 2. The number of carbonyl (C=O) groups excluding carboxylic acids is 1. The fourth-order valence-corrected chi connectivity index (χ4v) is 1.21. The molecule has 0 spiro atoms. The topological polar surface area (TPSA) is 63.6 Å². The summed E-state index contributed by atoms with van der Waals surface area (Å²) in [6.07, 6.45) is 1.71. The van der Waals surface area contributed by atoms with Crippen molar-refractivity contribution in [2.24, 2.45) is 0 Å². The van der Waals surface area contributed by atoms with E-state index in [1.54, 1.807) is 0 Å². The Hall–Kier alpha value is -2.31. The molecule has 1 rings (SSSR count). The van der Waals surface area contributed by atoms with Crippen molar-refractivity contribution >= 4 is 18.3 Å². The van der Waals surface area contributed by atoms with Crippen LogP contribution in [0.2, 0.25) is 0 Å². The van der Waals surface area contributed by atoms with E-state index in [0.29, 0.717) is 12.1 Å². The molecule has 18 heavy (non-hydrogen) atoms. The maximum Gasteiger partial charge on any atom is 0.387 e. The first kappa shape index (κ1) is 13.8. The Morgan fingerprint density at radius 3 is 2.56 bits per heavy atom. The van der Waals surface area contributed by atoms with Gasteiger partial charge in [-0.05, 0) is 17.7 Å². The lowest BCUT2D eigenvalue weighted by atomic mass is 10.1. The molecule has 0 radical (unpaired) electrons. The van der Waals surface area contributed by atoms with Gasteiger partial charge in [0.25, 0.3) is 0 Å². The molecule has 7 heteroatoms. The molecule has 1 aromatic carbocycles. The SMILES string of the molecule is O=Cc1c(F)cc(OC(F)F)cc1/C=C/C(=O)O. The van der Waals surface area contributed by atoms with Crippen LogP contribution in [0.4, 0.5) is 13.2 Å². The van der Waals surface area contributed by atoms with Crippen LogP contribution in [-0.4, -0.2) is 24.0 Å². The molecule has 0 fully saturated rings. The van der Waals surface area contributed by atoms with E-state index in [0.717, 1.165) is 12.1 Å². The fourth-order valence-electron chi connectivity index (χ4n) is 1.21. The highest BCUT2D eigenvalue weighted by Crippen LogP contribution is 2.23. The molecule has 4 nitrogen and oxygen atoms in total. The van der Waals surface area contributed by atoms with E-state index < -0.39 is 29.7 Å². The number of benzene rings is 1. The average Bonchev–Trinajstić information content (AvgIpc) is 2.24. The highest BCUT2D eigenvalue weighted by atomic mass is 19.3. The standard InChI is InChI=1S/C11H7F3O4/c12-9-4-7(18-11(13)14)3-6(8(9)5-15)1-2-10(16)17/h1-5,11H,(H,16,17)/b2-1+. The summed E-state index contributed by atoms with van der Waals surface area (Å²) in [7, 11) is 0. The minimum absolute atomic E-state index is 0.156. The third-order valence-electron chi connectivity index (χ3n) is 1.88. The van der Waals surface area contributed by atoms with Crippen LogP contribution in [0.25, 0.3) is 6.08 Å². The number of hydrogen-bond donors (Lipinski definition) is 1. The molecule has 0 heterocycles. The number of carboxylic acid groups (broad SMARTS) is 1. The summed E-state index contributed by atoms with van der Waals surface area (Å²) in [6, 6.07) is 1.56.